The van der Waals surface area contributed by atoms with Crippen LogP contribution < -0.4 is 5.32 Å². The summed E-state index contributed by atoms with van der Waals surface area (Å²) in [6, 6.07) is 3.54. The molecule has 1 rings (SSSR count). The van der Waals surface area contributed by atoms with E-state index in [9.17, 15) is 19.7 Å². The van der Waals surface area contributed by atoms with Crippen molar-refractivity contribution in [2.75, 3.05) is 5.32 Å². The Hall–Kier alpha value is -2.47. The number of nitrogens with one attached hydrogen (secondary N) is 1. The normalized spacial score (nSPS) is 9.47. The second kappa shape index (κ2) is 5.92. The largest absolute Gasteiger partial charge is 0.478 e. The van der Waals surface area contributed by atoms with Gasteiger partial charge in [0.05, 0.1) is 16.6 Å². The topological polar surface area (TPSA) is 133 Å². The highest BCUT2D eigenvalue weighted by molar-refractivity contribution is 9.10. The first kappa shape index (κ1) is 14.6. The standard InChI is InChI=1S/C10H6BrN3O5/c11-6-3-5(10(16)17)4-7(14(18)19)9(6)13-8(15)1-2-12/h3-4H,1H2,(H,13,15)(H,16,17). The molecule has 19 heavy (non-hydrogen) atoms. The fourth-order valence-corrected chi connectivity index (χ4v) is 1.79. The smallest absolute Gasteiger partial charge is 0.335 e. The minimum absolute atomic E-state index is 0.0467. The van der Waals surface area contributed by atoms with Crippen LogP contribution in [0.1, 0.15) is 16.8 Å². The lowest BCUT2D eigenvalue weighted by Gasteiger charge is -2.07. The van der Waals surface area contributed by atoms with Crippen molar-refractivity contribution in [3.63, 3.8) is 0 Å². The van der Waals surface area contributed by atoms with Gasteiger partial charge in [0.15, 0.2) is 0 Å². The van der Waals surface area contributed by atoms with Crippen LogP contribution in [0.2, 0.25) is 0 Å². The lowest BCUT2D eigenvalue weighted by Crippen LogP contribution is -2.13. The van der Waals surface area contributed by atoms with Crippen LogP contribution in [0.15, 0.2) is 16.6 Å². The summed E-state index contributed by atoms with van der Waals surface area (Å²) in [5, 5.41) is 30.2. The molecule has 0 unspecified atom stereocenters. The number of carbonyl (C=O) groups excluding carboxylic acids is 1. The molecule has 0 radical (unpaired) electrons. The Bertz CT molecular complexity index is 608. The summed E-state index contributed by atoms with van der Waals surface area (Å²) in [6.07, 6.45) is -0.468. The summed E-state index contributed by atoms with van der Waals surface area (Å²) in [7, 11) is 0. The number of hydrogen-bond acceptors (Lipinski definition) is 5. The number of anilines is 1. The van der Waals surface area contributed by atoms with Gasteiger partial charge < -0.3 is 10.4 Å². The maximum atomic E-state index is 11.3. The molecule has 98 valence electrons. The minimum atomic E-state index is -1.33. The van der Waals surface area contributed by atoms with E-state index in [4.69, 9.17) is 10.4 Å². The molecule has 1 aromatic rings. The first-order valence-electron chi connectivity index (χ1n) is 4.75. The van der Waals surface area contributed by atoms with Gasteiger partial charge in [-0.1, -0.05) is 0 Å². The fourth-order valence-electron chi connectivity index (χ4n) is 1.24. The minimum Gasteiger partial charge on any atom is -0.478 e. The molecular formula is C10H6BrN3O5. The van der Waals surface area contributed by atoms with E-state index in [0.717, 1.165) is 12.1 Å². The van der Waals surface area contributed by atoms with Crippen molar-refractivity contribution in [3.05, 3.63) is 32.3 Å². The highest BCUT2D eigenvalue weighted by atomic mass is 79.9. The van der Waals surface area contributed by atoms with Crippen molar-refractivity contribution < 1.29 is 19.6 Å². The number of carboxylic acids is 1. The Morgan fingerprint density at radius 1 is 1.53 bits per heavy atom. The Morgan fingerprint density at radius 3 is 2.63 bits per heavy atom. The van der Waals surface area contributed by atoms with E-state index in [2.05, 4.69) is 21.2 Å². The van der Waals surface area contributed by atoms with Crippen LogP contribution in [0.3, 0.4) is 0 Å². The summed E-state index contributed by atoms with van der Waals surface area (Å²) in [6.45, 7) is 0. The maximum Gasteiger partial charge on any atom is 0.335 e. The summed E-state index contributed by atoms with van der Waals surface area (Å²) >= 11 is 2.95. The fraction of sp³-hybridized carbons (Fsp3) is 0.100. The monoisotopic (exact) mass is 327 g/mol. The van der Waals surface area contributed by atoms with Gasteiger partial charge in [-0.2, -0.15) is 5.26 Å². The molecular weight excluding hydrogens is 322 g/mol. The third-order valence-electron chi connectivity index (χ3n) is 2.02. The van der Waals surface area contributed by atoms with E-state index in [1.54, 1.807) is 6.07 Å². The number of nitrogens with zero attached hydrogens (tertiary/aromatic N) is 2. The molecule has 0 aliphatic rings. The molecule has 0 spiro atoms. The Kier molecular flexibility index (Phi) is 4.55. The molecule has 1 amide bonds. The van der Waals surface area contributed by atoms with Crippen LogP contribution in [0.5, 0.6) is 0 Å². The molecule has 1 aromatic carbocycles. The number of halogens is 1. The zero-order valence-corrected chi connectivity index (χ0v) is 10.8. The summed E-state index contributed by atoms with van der Waals surface area (Å²) in [5.41, 5.74) is -1.05. The maximum absolute atomic E-state index is 11.3. The number of rotatable bonds is 4. The molecule has 0 saturated carbocycles. The van der Waals surface area contributed by atoms with Gasteiger partial charge in [-0.15, -0.1) is 0 Å². The predicted molar refractivity (Wildman–Crippen MR) is 66.6 cm³/mol. The number of aromatic carboxylic acids is 1. The SMILES string of the molecule is N#CCC(=O)Nc1c(Br)cc(C(=O)O)cc1[N+](=O)[O-]. The lowest BCUT2D eigenvalue weighted by atomic mass is 10.1. The highest BCUT2D eigenvalue weighted by Gasteiger charge is 2.22. The molecule has 8 nitrogen and oxygen atoms in total. The van der Waals surface area contributed by atoms with E-state index in [1.165, 1.54) is 0 Å². The second-order valence-corrected chi connectivity index (χ2v) is 4.15. The molecule has 0 saturated heterocycles. The number of nitro groups is 1. The molecule has 0 aliphatic heterocycles. The van der Waals surface area contributed by atoms with E-state index in [0.29, 0.717) is 0 Å². The van der Waals surface area contributed by atoms with Gasteiger partial charge in [0.25, 0.3) is 5.69 Å². The van der Waals surface area contributed by atoms with E-state index >= 15 is 0 Å². The van der Waals surface area contributed by atoms with Crippen molar-refractivity contribution in [2.24, 2.45) is 0 Å². The Labute approximate surface area is 114 Å². The van der Waals surface area contributed by atoms with Crippen LogP contribution in [0, 0.1) is 21.4 Å². The van der Waals surface area contributed by atoms with Crippen LogP contribution in [-0.4, -0.2) is 21.9 Å². The number of nitriles is 1. The molecule has 0 aliphatic carbocycles. The molecule has 0 aromatic heterocycles. The van der Waals surface area contributed by atoms with Gasteiger partial charge in [-0.25, -0.2) is 4.79 Å². The van der Waals surface area contributed by atoms with Crippen LogP contribution in [-0.2, 0) is 4.79 Å². The van der Waals surface area contributed by atoms with Crippen molar-refractivity contribution in [3.8, 4) is 6.07 Å². The first-order valence-corrected chi connectivity index (χ1v) is 5.54. The first-order chi connectivity index (χ1) is 8.86. The number of amides is 1. The zero-order valence-electron chi connectivity index (χ0n) is 9.21. The second-order valence-electron chi connectivity index (χ2n) is 3.30. The molecule has 9 heteroatoms. The lowest BCUT2D eigenvalue weighted by molar-refractivity contribution is -0.384. The molecule has 0 heterocycles. The van der Waals surface area contributed by atoms with E-state index in [-0.39, 0.29) is 15.7 Å². The van der Waals surface area contributed by atoms with Gasteiger partial charge in [-0.3, -0.25) is 14.9 Å². The van der Waals surface area contributed by atoms with E-state index in [1.807, 2.05) is 0 Å². The highest BCUT2D eigenvalue weighted by Crippen LogP contribution is 2.34. The van der Waals surface area contributed by atoms with Crippen molar-refractivity contribution in [1.82, 2.24) is 0 Å². The van der Waals surface area contributed by atoms with Gasteiger partial charge in [0, 0.05) is 10.5 Å². The van der Waals surface area contributed by atoms with Crippen LogP contribution in [0.4, 0.5) is 11.4 Å². The van der Waals surface area contributed by atoms with Crippen molar-refractivity contribution in [1.29, 1.82) is 5.26 Å². The summed E-state index contributed by atoms with van der Waals surface area (Å²) in [4.78, 5) is 32.1. The zero-order chi connectivity index (χ0) is 14.6. The molecule has 0 atom stereocenters. The molecule has 2 N–H and O–H groups in total. The summed E-state index contributed by atoms with van der Waals surface area (Å²) in [5.74, 6) is -2.06. The van der Waals surface area contributed by atoms with Gasteiger partial charge in [0.1, 0.15) is 12.1 Å². The molecule has 0 fully saturated rings. The third-order valence-corrected chi connectivity index (χ3v) is 2.64. The average molecular weight is 328 g/mol. The van der Waals surface area contributed by atoms with Gasteiger partial charge in [-0.05, 0) is 22.0 Å². The quantitative estimate of drug-likeness (QED) is 0.640. The number of benzene rings is 1. The van der Waals surface area contributed by atoms with Crippen molar-refractivity contribution in [2.45, 2.75) is 6.42 Å². The Morgan fingerprint density at radius 2 is 2.16 bits per heavy atom. The number of nitro benzene ring substituents is 1. The van der Waals surface area contributed by atoms with Crippen molar-refractivity contribution >= 4 is 39.2 Å². The number of carbonyl (C=O) groups is 2. The van der Waals surface area contributed by atoms with Gasteiger partial charge in [0.2, 0.25) is 5.91 Å². The summed E-state index contributed by atoms with van der Waals surface area (Å²) < 4.78 is 0.0467. The number of hydrogen-bond donors (Lipinski definition) is 2. The Balaban J connectivity index is 3.31. The molecule has 0 bridgehead atoms. The number of carboxylic acid groups (broad SMARTS) is 1. The third kappa shape index (κ3) is 3.49. The predicted octanol–water partition coefficient (Wildman–Crippen LogP) is 1.91. The van der Waals surface area contributed by atoms with Crippen LogP contribution in [0.25, 0.3) is 0 Å². The van der Waals surface area contributed by atoms with E-state index < -0.39 is 28.9 Å². The van der Waals surface area contributed by atoms with Crippen LogP contribution >= 0.6 is 15.9 Å². The van der Waals surface area contributed by atoms with Gasteiger partial charge >= 0.3 is 5.97 Å². The average Bonchev–Trinajstić information content (AvgIpc) is 2.31.